The van der Waals surface area contributed by atoms with Crippen LogP contribution in [0.3, 0.4) is 0 Å². The summed E-state index contributed by atoms with van der Waals surface area (Å²) in [7, 11) is 0. The summed E-state index contributed by atoms with van der Waals surface area (Å²) in [6.45, 7) is 19.2. The van der Waals surface area contributed by atoms with E-state index in [2.05, 4.69) is 64.2 Å². The highest BCUT2D eigenvalue weighted by atomic mass is 14.9. The molecule has 1 aromatic rings. The third-order valence-electron chi connectivity index (χ3n) is 3.03. The van der Waals surface area contributed by atoms with E-state index >= 15 is 0 Å². The largest absolute Gasteiger partial charge is 0.342 e. The van der Waals surface area contributed by atoms with Gasteiger partial charge in [-0.25, -0.2) is 4.98 Å². The minimum absolute atomic E-state index is 0.0346. The van der Waals surface area contributed by atoms with Gasteiger partial charge in [-0.3, -0.25) is 0 Å². The monoisotopic (exact) mass is 246 g/mol. The molecule has 1 N–H and O–H groups in total. The minimum atomic E-state index is 0.0346. The third kappa shape index (κ3) is 3.34. The summed E-state index contributed by atoms with van der Waals surface area (Å²) in [5.41, 5.74) is 1.22. The maximum absolute atomic E-state index is 4.65. The second-order valence-corrected chi connectivity index (χ2v) is 6.84. The SMILES string of the molecule is C=C(/C=c1/[nH]c(C(C)(C)C)n/c1=C/C)C(C)(C)C. The molecule has 0 atom stereocenters. The molecule has 1 aromatic heterocycles. The molecule has 0 saturated carbocycles. The Morgan fingerprint density at radius 3 is 2.11 bits per heavy atom. The van der Waals surface area contributed by atoms with Gasteiger partial charge in [-0.15, -0.1) is 0 Å². The maximum Gasteiger partial charge on any atom is 0.112 e. The molecule has 0 aliphatic carbocycles. The van der Waals surface area contributed by atoms with Gasteiger partial charge in [0.1, 0.15) is 5.82 Å². The summed E-state index contributed by atoms with van der Waals surface area (Å²) >= 11 is 0. The molecular weight excluding hydrogens is 220 g/mol. The number of hydrogen-bond acceptors (Lipinski definition) is 1. The third-order valence-corrected chi connectivity index (χ3v) is 3.03. The number of imidazole rings is 1. The molecule has 1 heterocycles. The van der Waals surface area contributed by atoms with Crippen LogP contribution in [-0.2, 0) is 5.41 Å². The standard InChI is InChI=1S/C16H26N2/c1-9-12-13(10-11(2)15(3,4)5)18-14(17-12)16(6,7)8/h9-10H,2H2,1,3-8H3,(H,17,18)/b12-9+,13-10+. The maximum atomic E-state index is 4.65. The Balaban J connectivity index is 3.39. The highest BCUT2D eigenvalue weighted by Gasteiger charge is 2.18. The fraction of sp³-hybridized carbons (Fsp3) is 0.562. The molecule has 0 aliphatic heterocycles. The first-order valence-corrected chi connectivity index (χ1v) is 6.49. The fourth-order valence-electron chi connectivity index (χ4n) is 1.48. The van der Waals surface area contributed by atoms with Crippen LogP contribution in [0.15, 0.2) is 12.2 Å². The van der Waals surface area contributed by atoms with E-state index in [1.54, 1.807) is 0 Å². The van der Waals surface area contributed by atoms with Crippen molar-refractivity contribution >= 4 is 12.2 Å². The average Bonchev–Trinajstić information content (AvgIpc) is 2.59. The van der Waals surface area contributed by atoms with E-state index in [0.29, 0.717) is 0 Å². The Hall–Kier alpha value is -1.31. The van der Waals surface area contributed by atoms with Gasteiger partial charge in [0, 0.05) is 5.41 Å². The van der Waals surface area contributed by atoms with Crippen LogP contribution in [-0.4, -0.2) is 9.97 Å². The average molecular weight is 246 g/mol. The van der Waals surface area contributed by atoms with E-state index in [0.717, 1.165) is 22.1 Å². The number of rotatable bonds is 1. The van der Waals surface area contributed by atoms with Crippen molar-refractivity contribution in [2.45, 2.75) is 53.9 Å². The van der Waals surface area contributed by atoms with Gasteiger partial charge in [0.05, 0.1) is 10.7 Å². The number of hydrogen-bond donors (Lipinski definition) is 1. The molecule has 0 radical (unpaired) electrons. The van der Waals surface area contributed by atoms with E-state index in [9.17, 15) is 0 Å². The van der Waals surface area contributed by atoms with Gasteiger partial charge in [-0.1, -0.05) is 54.2 Å². The van der Waals surface area contributed by atoms with E-state index in [4.69, 9.17) is 0 Å². The summed E-state index contributed by atoms with van der Waals surface area (Å²) < 4.78 is 0. The van der Waals surface area contributed by atoms with Crippen molar-refractivity contribution < 1.29 is 0 Å². The van der Waals surface area contributed by atoms with Gasteiger partial charge < -0.3 is 4.98 Å². The second-order valence-electron chi connectivity index (χ2n) is 6.84. The van der Waals surface area contributed by atoms with Crippen LogP contribution >= 0.6 is 0 Å². The van der Waals surface area contributed by atoms with E-state index in [1.807, 2.05) is 13.0 Å². The normalized spacial score (nSPS) is 15.3. The molecule has 0 amide bonds. The van der Waals surface area contributed by atoms with Crippen LogP contribution in [0.2, 0.25) is 0 Å². The zero-order valence-electron chi connectivity index (χ0n) is 12.8. The smallest absolute Gasteiger partial charge is 0.112 e. The van der Waals surface area contributed by atoms with Crippen molar-refractivity contribution in [3.8, 4) is 0 Å². The number of allylic oxidation sites excluding steroid dienone is 1. The van der Waals surface area contributed by atoms with Crippen LogP contribution < -0.4 is 10.7 Å². The van der Waals surface area contributed by atoms with Gasteiger partial charge in [-0.05, 0) is 24.0 Å². The molecule has 100 valence electrons. The van der Waals surface area contributed by atoms with Gasteiger partial charge in [0.2, 0.25) is 0 Å². The van der Waals surface area contributed by atoms with Gasteiger partial charge in [-0.2, -0.15) is 0 Å². The predicted molar refractivity (Wildman–Crippen MR) is 79.7 cm³/mol. The Morgan fingerprint density at radius 1 is 1.17 bits per heavy atom. The van der Waals surface area contributed by atoms with Crippen LogP contribution in [0.4, 0.5) is 0 Å². The zero-order valence-corrected chi connectivity index (χ0v) is 12.8. The fourth-order valence-corrected chi connectivity index (χ4v) is 1.48. The van der Waals surface area contributed by atoms with Gasteiger partial charge in [0.15, 0.2) is 0 Å². The summed E-state index contributed by atoms with van der Waals surface area (Å²) in [4.78, 5) is 8.07. The first-order chi connectivity index (χ1) is 8.05. The summed E-state index contributed by atoms with van der Waals surface area (Å²) in [6, 6.07) is 0. The quantitative estimate of drug-likeness (QED) is 0.811. The molecule has 18 heavy (non-hydrogen) atoms. The summed E-state index contributed by atoms with van der Waals surface area (Å²) in [6.07, 6.45) is 4.14. The van der Waals surface area contributed by atoms with Crippen LogP contribution in [0.1, 0.15) is 54.3 Å². The lowest BCUT2D eigenvalue weighted by atomic mass is 9.87. The number of nitrogens with zero attached hydrogens (tertiary/aromatic N) is 1. The van der Waals surface area contributed by atoms with E-state index < -0.39 is 0 Å². The van der Waals surface area contributed by atoms with Crippen LogP contribution in [0.25, 0.3) is 12.2 Å². The highest BCUT2D eigenvalue weighted by Crippen LogP contribution is 2.24. The molecule has 0 saturated heterocycles. The van der Waals surface area contributed by atoms with Crippen LogP contribution in [0.5, 0.6) is 0 Å². The summed E-state index contributed by atoms with van der Waals surface area (Å²) in [5, 5.41) is 2.06. The lowest BCUT2D eigenvalue weighted by Gasteiger charge is -2.18. The van der Waals surface area contributed by atoms with Gasteiger partial charge in [0.25, 0.3) is 0 Å². The Labute approximate surface area is 111 Å². The molecule has 0 aromatic carbocycles. The van der Waals surface area contributed by atoms with E-state index in [1.165, 1.54) is 0 Å². The lowest BCUT2D eigenvalue weighted by molar-refractivity contribution is 0.525. The summed E-state index contributed by atoms with van der Waals surface area (Å²) in [5.74, 6) is 1.02. The molecule has 0 bridgehead atoms. The number of nitrogens with one attached hydrogen (secondary N) is 1. The molecular formula is C16H26N2. The molecule has 2 nitrogen and oxygen atoms in total. The first kappa shape index (κ1) is 14.7. The zero-order chi connectivity index (χ0) is 14.1. The molecule has 0 spiro atoms. The van der Waals surface area contributed by atoms with Gasteiger partial charge >= 0.3 is 0 Å². The molecule has 0 fully saturated rings. The second kappa shape index (κ2) is 4.75. The van der Waals surface area contributed by atoms with Crippen molar-refractivity contribution in [3.63, 3.8) is 0 Å². The van der Waals surface area contributed by atoms with Crippen molar-refractivity contribution in [2.75, 3.05) is 0 Å². The minimum Gasteiger partial charge on any atom is -0.342 e. The topological polar surface area (TPSA) is 28.7 Å². The van der Waals surface area contributed by atoms with Crippen molar-refractivity contribution in [1.82, 2.24) is 9.97 Å². The van der Waals surface area contributed by atoms with Crippen molar-refractivity contribution in [2.24, 2.45) is 5.41 Å². The Morgan fingerprint density at radius 2 is 1.72 bits per heavy atom. The number of aromatic nitrogens is 2. The molecule has 0 unspecified atom stereocenters. The molecule has 0 aliphatic rings. The highest BCUT2D eigenvalue weighted by molar-refractivity contribution is 5.47. The van der Waals surface area contributed by atoms with E-state index in [-0.39, 0.29) is 10.8 Å². The Bertz CT molecular complexity index is 545. The Kier molecular flexibility index (Phi) is 3.89. The number of H-pyrrole nitrogens is 1. The van der Waals surface area contributed by atoms with Crippen molar-refractivity contribution in [1.29, 1.82) is 0 Å². The lowest BCUT2D eigenvalue weighted by Crippen LogP contribution is -2.25. The predicted octanol–water partition coefficient (Wildman–Crippen LogP) is 2.89. The van der Waals surface area contributed by atoms with Crippen LogP contribution in [0, 0.1) is 5.41 Å². The number of aromatic amines is 1. The van der Waals surface area contributed by atoms with Crippen molar-refractivity contribution in [3.05, 3.63) is 28.7 Å². The molecule has 2 heteroatoms. The first-order valence-electron chi connectivity index (χ1n) is 6.49. The molecule has 1 rings (SSSR count).